The minimum atomic E-state index is -4.49. The summed E-state index contributed by atoms with van der Waals surface area (Å²) in [5, 5.41) is 16.3. The van der Waals surface area contributed by atoms with E-state index in [9.17, 15) is 22.4 Å². The lowest BCUT2D eigenvalue weighted by molar-refractivity contribution is -0.137. The highest BCUT2D eigenvalue weighted by atomic mass is 35.5. The molecular weight excluding hydrogens is 509 g/mol. The maximum absolute atomic E-state index is 14.5. The fourth-order valence-corrected chi connectivity index (χ4v) is 3.65. The van der Waals surface area contributed by atoms with E-state index >= 15 is 0 Å². The van der Waals surface area contributed by atoms with Crippen LogP contribution >= 0.6 is 23.2 Å². The van der Waals surface area contributed by atoms with Crippen molar-refractivity contribution >= 4 is 34.9 Å². The Morgan fingerprint density at radius 1 is 1.00 bits per heavy atom. The first-order chi connectivity index (χ1) is 16.5. The molecule has 0 fully saturated rings. The van der Waals surface area contributed by atoms with Gasteiger partial charge in [0.2, 0.25) is 0 Å². The molecule has 0 saturated heterocycles. The summed E-state index contributed by atoms with van der Waals surface area (Å²) < 4.78 is 54.9. The van der Waals surface area contributed by atoms with Gasteiger partial charge in [-0.25, -0.2) is 13.9 Å². The lowest BCUT2D eigenvalue weighted by atomic mass is 10.1. The fourth-order valence-electron chi connectivity index (χ4n) is 3.34. The summed E-state index contributed by atoms with van der Waals surface area (Å²) in [6.07, 6.45) is -2.87. The summed E-state index contributed by atoms with van der Waals surface area (Å²) >= 11 is 11.7. The molecule has 1 aromatic heterocycles. The Morgan fingerprint density at radius 3 is 2.26 bits per heavy atom. The van der Waals surface area contributed by atoms with Crippen LogP contribution in [0.25, 0.3) is 16.9 Å². The van der Waals surface area contributed by atoms with Gasteiger partial charge in [-0.3, -0.25) is 0 Å². The fraction of sp³-hybridized carbons (Fsp3) is 0.0833. The number of aromatic nitrogens is 2. The predicted octanol–water partition coefficient (Wildman–Crippen LogP) is 7.31. The van der Waals surface area contributed by atoms with E-state index in [1.165, 1.54) is 41.1 Å². The van der Waals surface area contributed by atoms with E-state index in [4.69, 9.17) is 28.3 Å². The number of nitrogens with one attached hydrogen (secondary N) is 1. The van der Waals surface area contributed by atoms with Crippen molar-refractivity contribution in [2.45, 2.75) is 12.7 Å². The van der Waals surface area contributed by atoms with Crippen LogP contribution in [0.15, 0.2) is 66.9 Å². The number of rotatable bonds is 6. The molecule has 0 aliphatic carbocycles. The number of carboxylic acids is 1. The Labute approximate surface area is 206 Å². The van der Waals surface area contributed by atoms with Crippen molar-refractivity contribution in [2.24, 2.45) is 0 Å². The molecular formula is C24H15Cl2F4N3O2. The van der Waals surface area contributed by atoms with Crippen LogP contribution in [0.1, 0.15) is 21.5 Å². The summed E-state index contributed by atoms with van der Waals surface area (Å²) in [6.45, 7) is 0.0540. The summed E-state index contributed by atoms with van der Waals surface area (Å²) in [6, 6.07) is 13.2. The third kappa shape index (κ3) is 5.26. The van der Waals surface area contributed by atoms with Crippen molar-refractivity contribution in [1.82, 2.24) is 9.78 Å². The second-order valence-electron chi connectivity index (χ2n) is 7.45. The first-order valence-corrected chi connectivity index (χ1v) is 10.8. The molecule has 0 bridgehead atoms. The molecule has 3 aromatic carbocycles. The smallest absolute Gasteiger partial charge is 0.416 e. The lowest BCUT2D eigenvalue weighted by Gasteiger charge is -2.10. The average molecular weight is 524 g/mol. The van der Waals surface area contributed by atoms with Gasteiger partial charge in [-0.1, -0.05) is 35.3 Å². The van der Waals surface area contributed by atoms with Crippen LogP contribution in [0.4, 0.5) is 23.2 Å². The van der Waals surface area contributed by atoms with Gasteiger partial charge in [-0.05, 0) is 48.5 Å². The van der Waals surface area contributed by atoms with Gasteiger partial charge in [0.15, 0.2) is 5.82 Å². The Hall–Kier alpha value is -3.56. The van der Waals surface area contributed by atoms with Crippen molar-refractivity contribution < 1.29 is 27.5 Å². The van der Waals surface area contributed by atoms with Gasteiger partial charge in [0.05, 0.1) is 38.2 Å². The highest BCUT2D eigenvalue weighted by Gasteiger charge is 2.30. The molecule has 4 aromatic rings. The second-order valence-corrected chi connectivity index (χ2v) is 8.24. The quantitative estimate of drug-likeness (QED) is 0.205. The molecule has 0 amide bonds. The number of halogens is 6. The third-order valence-electron chi connectivity index (χ3n) is 5.16. The predicted molar refractivity (Wildman–Crippen MR) is 125 cm³/mol. The van der Waals surface area contributed by atoms with Crippen molar-refractivity contribution in [2.75, 3.05) is 5.32 Å². The zero-order valence-electron chi connectivity index (χ0n) is 17.6. The maximum atomic E-state index is 14.5. The highest BCUT2D eigenvalue weighted by molar-refractivity contribution is 6.42. The topological polar surface area (TPSA) is 67.2 Å². The van der Waals surface area contributed by atoms with E-state index in [2.05, 4.69) is 10.4 Å². The lowest BCUT2D eigenvalue weighted by Crippen LogP contribution is -2.04. The Kier molecular flexibility index (Phi) is 6.73. The first kappa shape index (κ1) is 24.6. The minimum Gasteiger partial charge on any atom is -0.478 e. The third-order valence-corrected chi connectivity index (χ3v) is 5.94. The summed E-state index contributed by atoms with van der Waals surface area (Å²) in [5.74, 6) is -1.83. The zero-order chi connectivity index (χ0) is 25.3. The molecule has 0 aliphatic rings. The number of carbonyl (C=O) groups is 1. The van der Waals surface area contributed by atoms with Gasteiger partial charge < -0.3 is 10.4 Å². The highest BCUT2D eigenvalue weighted by Crippen LogP contribution is 2.33. The number of hydrogen-bond donors (Lipinski definition) is 2. The van der Waals surface area contributed by atoms with E-state index < -0.39 is 23.5 Å². The van der Waals surface area contributed by atoms with E-state index in [1.807, 2.05) is 0 Å². The van der Waals surface area contributed by atoms with Crippen LogP contribution in [0.2, 0.25) is 10.0 Å². The van der Waals surface area contributed by atoms with E-state index in [0.717, 1.165) is 12.1 Å². The van der Waals surface area contributed by atoms with Crippen LogP contribution in [-0.4, -0.2) is 20.9 Å². The van der Waals surface area contributed by atoms with Crippen molar-refractivity contribution in [3.63, 3.8) is 0 Å². The summed E-state index contributed by atoms with van der Waals surface area (Å²) in [4.78, 5) is 11.1. The summed E-state index contributed by atoms with van der Waals surface area (Å²) in [7, 11) is 0. The number of nitrogens with zero attached hydrogens (tertiary/aromatic N) is 2. The molecule has 0 radical (unpaired) electrons. The number of alkyl halides is 3. The van der Waals surface area contributed by atoms with Crippen molar-refractivity contribution in [3.05, 3.63) is 99.4 Å². The molecule has 2 N–H and O–H groups in total. The molecule has 0 spiro atoms. The molecule has 4 rings (SSSR count). The molecule has 11 heteroatoms. The second kappa shape index (κ2) is 9.59. The normalized spacial score (nSPS) is 11.5. The SMILES string of the molecule is O=C(O)c1ccc(-n2cc(CNc3ccc(Cl)c(Cl)c3F)c(-c3ccc(C(F)(F)F)cc3)n2)cc1. The molecule has 0 saturated carbocycles. The molecule has 0 unspecified atom stereocenters. The molecule has 35 heavy (non-hydrogen) atoms. The Morgan fingerprint density at radius 2 is 1.66 bits per heavy atom. The number of carboxylic acid groups (broad SMARTS) is 1. The largest absolute Gasteiger partial charge is 0.478 e. The summed E-state index contributed by atoms with van der Waals surface area (Å²) in [5.41, 5.74) is 1.19. The van der Waals surface area contributed by atoms with Crippen molar-refractivity contribution in [3.8, 4) is 16.9 Å². The molecule has 5 nitrogen and oxygen atoms in total. The first-order valence-electron chi connectivity index (χ1n) is 10.0. The molecule has 1 heterocycles. The van der Waals surface area contributed by atoms with Gasteiger partial charge >= 0.3 is 12.1 Å². The average Bonchev–Trinajstić information content (AvgIpc) is 3.26. The molecule has 180 valence electrons. The minimum absolute atomic E-state index is 0.0535. The van der Waals surface area contributed by atoms with Crippen LogP contribution in [0.3, 0.4) is 0 Å². The standard InChI is InChI=1S/C24H15Cl2F4N3O2/c25-18-9-10-19(21(27)20(18)26)31-11-15-12-33(17-7-3-14(4-8-17)23(34)35)32-22(15)13-1-5-16(6-2-13)24(28,29)30/h1-10,12,31H,11H2,(H,34,35). The van der Waals surface area contributed by atoms with Gasteiger partial charge in [0.25, 0.3) is 0 Å². The Bertz CT molecular complexity index is 1390. The number of benzene rings is 3. The van der Waals surface area contributed by atoms with Crippen LogP contribution in [0, 0.1) is 5.82 Å². The van der Waals surface area contributed by atoms with Gasteiger partial charge in [0.1, 0.15) is 0 Å². The van der Waals surface area contributed by atoms with Crippen molar-refractivity contribution in [1.29, 1.82) is 0 Å². The zero-order valence-corrected chi connectivity index (χ0v) is 19.1. The van der Waals surface area contributed by atoms with Gasteiger partial charge in [-0.2, -0.15) is 18.3 Å². The number of hydrogen-bond acceptors (Lipinski definition) is 3. The van der Waals surface area contributed by atoms with E-state index in [1.54, 1.807) is 18.3 Å². The molecule has 0 atom stereocenters. The maximum Gasteiger partial charge on any atom is 0.416 e. The van der Waals surface area contributed by atoms with Gasteiger partial charge in [-0.15, -0.1) is 0 Å². The van der Waals surface area contributed by atoms with E-state index in [0.29, 0.717) is 22.5 Å². The monoisotopic (exact) mass is 523 g/mol. The van der Waals surface area contributed by atoms with Crippen LogP contribution in [-0.2, 0) is 12.7 Å². The van der Waals surface area contributed by atoms with Crippen LogP contribution in [0.5, 0.6) is 0 Å². The Balaban J connectivity index is 1.72. The number of aromatic carboxylic acids is 1. The van der Waals surface area contributed by atoms with Gasteiger partial charge in [0, 0.05) is 23.9 Å². The number of anilines is 1. The molecule has 0 aliphatic heterocycles. The van der Waals surface area contributed by atoms with Crippen LogP contribution < -0.4 is 5.32 Å². The van der Waals surface area contributed by atoms with E-state index in [-0.39, 0.29) is 27.8 Å².